The van der Waals surface area contributed by atoms with E-state index >= 15 is 0 Å². The lowest BCUT2D eigenvalue weighted by Gasteiger charge is -2.53. The van der Waals surface area contributed by atoms with Gasteiger partial charge in [0.1, 0.15) is 0 Å². The molecular formula is C20H34O2. The standard InChI is InChI=1S/C20H34O2/c1-15-6-5-7-16(14-21)9-10-17-12-13-20(4,22)18(11-8-15)19(17,2)3/h6,9,17-18,21-22H,5,7-8,10-14H2,1-4H3/b15-6+,16-9+/t17-,18+,20+/m1/s1. The molecule has 0 spiro atoms. The molecule has 2 bridgehead atoms. The van der Waals surface area contributed by atoms with Crippen LogP contribution in [-0.4, -0.2) is 22.4 Å². The Balaban J connectivity index is 2.31. The van der Waals surface area contributed by atoms with Crippen LogP contribution in [0.2, 0.25) is 0 Å². The highest BCUT2D eigenvalue weighted by molar-refractivity contribution is 5.10. The van der Waals surface area contributed by atoms with Crippen LogP contribution in [0.4, 0.5) is 0 Å². The first kappa shape index (κ1) is 17.7. The highest BCUT2D eigenvalue weighted by atomic mass is 16.3. The fourth-order valence-corrected chi connectivity index (χ4v) is 4.74. The average Bonchev–Trinajstić information content (AvgIpc) is 2.42. The summed E-state index contributed by atoms with van der Waals surface area (Å²) in [6, 6.07) is 0. The maximum atomic E-state index is 10.9. The van der Waals surface area contributed by atoms with E-state index in [1.807, 2.05) is 6.92 Å². The van der Waals surface area contributed by atoms with Crippen molar-refractivity contribution in [1.82, 2.24) is 0 Å². The van der Waals surface area contributed by atoms with Crippen molar-refractivity contribution in [3.63, 3.8) is 0 Å². The molecule has 2 rings (SSSR count). The second kappa shape index (κ2) is 6.88. The molecular weight excluding hydrogens is 272 g/mol. The summed E-state index contributed by atoms with van der Waals surface area (Å²) in [6.45, 7) is 9.10. The summed E-state index contributed by atoms with van der Waals surface area (Å²) in [5.74, 6) is 0.940. The van der Waals surface area contributed by atoms with Crippen molar-refractivity contribution >= 4 is 0 Å². The average molecular weight is 306 g/mol. The van der Waals surface area contributed by atoms with Gasteiger partial charge in [-0.05, 0) is 81.6 Å². The third-order valence-corrected chi connectivity index (χ3v) is 6.38. The van der Waals surface area contributed by atoms with E-state index in [4.69, 9.17) is 0 Å². The number of hydrogen-bond acceptors (Lipinski definition) is 2. The van der Waals surface area contributed by atoms with Crippen molar-refractivity contribution in [3.05, 3.63) is 23.3 Å². The van der Waals surface area contributed by atoms with Crippen molar-refractivity contribution in [2.24, 2.45) is 17.3 Å². The largest absolute Gasteiger partial charge is 0.392 e. The molecule has 0 unspecified atom stereocenters. The van der Waals surface area contributed by atoms with Crippen LogP contribution in [-0.2, 0) is 0 Å². The van der Waals surface area contributed by atoms with Gasteiger partial charge in [0, 0.05) is 0 Å². The summed E-state index contributed by atoms with van der Waals surface area (Å²) in [4.78, 5) is 0. The molecule has 126 valence electrons. The van der Waals surface area contributed by atoms with Gasteiger partial charge < -0.3 is 10.2 Å². The number of aliphatic hydroxyl groups excluding tert-OH is 1. The van der Waals surface area contributed by atoms with Gasteiger partial charge in [0.15, 0.2) is 0 Å². The Bertz CT molecular complexity index is 443. The van der Waals surface area contributed by atoms with Crippen LogP contribution in [0, 0.1) is 17.3 Å². The Morgan fingerprint density at radius 2 is 1.86 bits per heavy atom. The van der Waals surface area contributed by atoms with Crippen molar-refractivity contribution in [1.29, 1.82) is 0 Å². The van der Waals surface area contributed by atoms with Crippen molar-refractivity contribution < 1.29 is 10.2 Å². The lowest BCUT2D eigenvalue weighted by atomic mass is 9.54. The summed E-state index contributed by atoms with van der Waals surface area (Å²) in [5.41, 5.74) is 2.19. The molecule has 2 aliphatic rings. The molecule has 0 aliphatic heterocycles. The van der Waals surface area contributed by atoms with E-state index in [0.29, 0.717) is 11.8 Å². The molecule has 2 nitrogen and oxygen atoms in total. The smallest absolute Gasteiger partial charge is 0.0653 e. The Morgan fingerprint density at radius 1 is 1.14 bits per heavy atom. The quantitative estimate of drug-likeness (QED) is 0.694. The number of allylic oxidation sites excluding steroid dienone is 3. The minimum atomic E-state index is -0.548. The summed E-state index contributed by atoms with van der Waals surface area (Å²) in [7, 11) is 0. The highest BCUT2D eigenvalue weighted by Crippen LogP contribution is 2.53. The van der Waals surface area contributed by atoms with Gasteiger partial charge in [0.2, 0.25) is 0 Å². The molecule has 0 aromatic heterocycles. The van der Waals surface area contributed by atoms with Crippen molar-refractivity contribution in [2.45, 2.75) is 78.2 Å². The van der Waals surface area contributed by atoms with Crippen molar-refractivity contribution in [3.8, 4) is 0 Å². The van der Waals surface area contributed by atoms with E-state index in [1.54, 1.807) is 0 Å². The van der Waals surface area contributed by atoms with E-state index in [1.165, 1.54) is 11.1 Å². The molecule has 0 aromatic carbocycles. The van der Waals surface area contributed by atoms with Crippen LogP contribution < -0.4 is 0 Å². The van der Waals surface area contributed by atoms with Gasteiger partial charge in [0.05, 0.1) is 12.2 Å². The van der Waals surface area contributed by atoms with Crippen LogP contribution in [0.5, 0.6) is 0 Å². The fraction of sp³-hybridized carbons (Fsp3) is 0.800. The Morgan fingerprint density at radius 3 is 2.55 bits per heavy atom. The van der Waals surface area contributed by atoms with Crippen LogP contribution in [0.15, 0.2) is 23.3 Å². The maximum Gasteiger partial charge on any atom is 0.0653 e. The van der Waals surface area contributed by atoms with Crippen LogP contribution in [0.25, 0.3) is 0 Å². The van der Waals surface area contributed by atoms with E-state index in [9.17, 15) is 10.2 Å². The topological polar surface area (TPSA) is 40.5 Å². The van der Waals surface area contributed by atoms with Gasteiger partial charge in [-0.15, -0.1) is 0 Å². The van der Waals surface area contributed by atoms with Crippen LogP contribution in [0.1, 0.15) is 72.6 Å². The Hall–Kier alpha value is -0.600. The van der Waals surface area contributed by atoms with Gasteiger partial charge in [-0.25, -0.2) is 0 Å². The van der Waals surface area contributed by atoms with Gasteiger partial charge in [-0.3, -0.25) is 0 Å². The van der Waals surface area contributed by atoms with Gasteiger partial charge in [0.25, 0.3) is 0 Å². The number of rotatable bonds is 1. The molecule has 0 radical (unpaired) electrons. The number of hydrogen-bond donors (Lipinski definition) is 2. The van der Waals surface area contributed by atoms with E-state index in [0.717, 1.165) is 44.9 Å². The van der Waals surface area contributed by atoms with Crippen molar-refractivity contribution in [2.75, 3.05) is 6.61 Å². The first-order valence-corrected chi connectivity index (χ1v) is 8.94. The van der Waals surface area contributed by atoms with Crippen LogP contribution in [0.3, 0.4) is 0 Å². The molecule has 2 heteroatoms. The van der Waals surface area contributed by atoms with E-state index in [-0.39, 0.29) is 12.0 Å². The Kier molecular flexibility index (Phi) is 5.55. The molecule has 3 atom stereocenters. The first-order chi connectivity index (χ1) is 10.3. The number of fused-ring (bicyclic) bond motifs is 2. The molecule has 22 heavy (non-hydrogen) atoms. The summed E-state index contributed by atoms with van der Waals surface area (Å²) in [5, 5.41) is 20.5. The zero-order chi connectivity index (χ0) is 16.4. The van der Waals surface area contributed by atoms with Crippen LogP contribution >= 0.6 is 0 Å². The number of aliphatic hydroxyl groups is 2. The third kappa shape index (κ3) is 3.83. The van der Waals surface area contributed by atoms with E-state index in [2.05, 4.69) is 32.9 Å². The molecule has 0 amide bonds. The minimum Gasteiger partial charge on any atom is -0.392 e. The third-order valence-electron chi connectivity index (χ3n) is 6.38. The lowest BCUT2D eigenvalue weighted by molar-refractivity contribution is -0.118. The fourth-order valence-electron chi connectivity index (χ4n) is 4.74. The van der Waals surface area contributed by atoms with Gasteiger partial charge >= 0.3 is 0 Å². The summed E-state index contributed by atoms with van der Waals surface area (Å²) < 4.78 is 0. The monoisotopic (exact) mass is 306 g/mol. The zero-order valence-corrected chi connectivity index (χ0v) is 14.9. The normalized spacial score (nSPS) is 41.4. The SMILES string of the molecule is C/C1=C\CC/C(CO)=C\C[C@@H]2CC[C@](C)(O)[C@@H](CC1)C2(C)C. The van der Waals surface area contributed by atoms with Gasteiger partial charge in [-0.2, -0.15) is 0 Å². The molecule has 0 heterocycles. The molecule has 0 aromatic rings. The molecule has 1 fully saturated rings. The van der Waals surface area contributed by atoms with E-state index < -0.39 is 5.60 Å². The molecule has 2 N–H and O–H groups in total. The second-order valence-corrected chi connectivity index (χ2v) is 8.35. The Labute approximate surface area is 136 Å². The lowest BCUT2D eigenvalue weighted by Crippen LogP contribution is -2.51. The summed E-state index contributed by atoms with van der Waals surface area (Å²) >= 11 is 0. The predicted octanol–water partition coefficient (Wildman–Crippen LogP) is 4.62. The maximum absolute atomic E-state index is 10.9. The summed E-state index contributed by atoms with van der Waals surface area (Å²) in [6.07, 6.45) is 11.8. The predicted molar refractivity (Wildman–Crippen MR) is 92.6 cm³/mol. The zero-order valence-electron chi connectivity index (χ0n) is 14.9. The minimum absolute atomic E-state index is 0.137. The second-order valence-electron chi connectivity index (χ2n) is 8.35. The molecule has 1 saturated carbocycles. The highest BCUT2D eigenvalue weighted by Gasteiger charge is 2.49. The molecule has 2 aliphatic carbocycles. The first-order valence-electron chi connectivity index (χ1n) is 8.94. The van der Waals surface area contributed by atoms with Gasteiger partial charge in [-0.1, -0.05) is 31.6 Å². The molecule has 0 saturated heterocycles.